The van der Waals surface area contributed by atoms with E-state index in [1.807, 2.05) is 13.8 Å². The quantitative estimate of drug-likeness (QED) is 0.600. The predicted molar refractivity (Wildman–Crippen MR) is 71.2 cm³/mol. The summed E-state index contributed by atoms with van der Waals surface area (Å²) in [7, 11) is 1.54. The summed E-state index contributed by atoms with van der Waals surface area (Å²) in [5, 5.41) is 14.0. The van der Waals surface area contributed by atoms with E-state index in [0.717, 1.165) is 0 Å². The topological polar surface area (TPSA) is 107 Å². The lowest BCUT2D eigenvalue weighted by Gasteiger charge is -2.26. The zero-order valence-electron chi connectivity index (χ0n) is 11.1. The molecule has 7 heteroatoms. The van der Waals surface area contributed by atoms with Crippen molar-refractivity contribution in [3.05, 3.63) is 33.9 Å². The number of hydrogen-bond donors (Lipinski definition) is 2. The first-order valence-electron chi connectivity index (χ1n) is 5.62. The Kier molecular flexibility index (Phi) is 4.44. The molecule has 1 aromatic carbocycles. The van der Waals surface area contributed by atoms with Crippen molar-refractivity contribution in [2.75, 3.05) is 19.0 Å². The molecule has 1 rings (SSSR count). The van der Waals surface area contributed by atoms with E-state index >= 15 is 0 Å². The maximum absolute atomic E-state index is 11.1. The van der Waals surface area contributed by atoms with Crippen LogP contribution in [0.2, 0.25) is 0 Å². The van der Waals surface area contributed by atoms with Crippen molar-refractivity contribution in [3.8, 4) is 0 Å². The van der Waals surface area contributed by atoms with Gasteiger partial charge in [0.05, 0.1) is 17.1 Å². The van der Waals surface area contributed by atoms with Gasteiger partial charge in [-0.15, -0.1) is 0 Å². The molecule has 0 unspecified atom stereocenters. The molecule has 104 valence electrons. The van der Waals surface area contributed by atoms with Crippen LogP contribution in [0.25, 0.3) is 0 Å². The van der Waals surface area contributed by atoms with Crippen LogP contribution in [-0.4, -0.2) is 30.1 Å². The van der Waals surface area contributed by atoms with E-state index in [2.05, 4.69) is 5.32 Å². The highest BCUT2D eigenvalue weighted by atomic mass is 16.6. The molecular weight excluding hydrogens is 250 g/mol. The van der Waals surface area contributed by atoms with Crippen molar-refractivity contribution in [2.24, 2.45) is 5.73 Å². The van der Waals surface area contributed by atoms with E-state index in [1.54, 1.807) is 0 Å². The summed E-state index contributed by atoms with van der Waals surface area (Å²) in [5.41, 5.74) is 4.98. The molecular formula is C12H17N3O4. The van der Waals surface area contributed by atoms with Gasteiger partial charge in [0.15, 0.2) is 0 Å². The third-order valence-electron chi connectivity index (χ3n) is 2.46. The molecule has 1 amide bonds. The highest BCUT2D eigenvalue weighted by molar-refractivity contribution is 5.94. The van der Waals surface area contributed by atoms with Crippen LogP contribution in [0.15, 0.2) is 18.2 Å². The monoisotopic (exact) mass is 267 g/mol. The lowest BCUT2D eigenvalue weighted by atomic mass is 10.1. The fourth-order valence-corrected chi connectivity index (χ4v) is 1.71. The van der Waals surface area contributed by atoms with Gasteiger partial charge in [-0.1, -0.05) is 0 Å². The molecule has 0 aromatic heterocycles. The Bertz CT molecular complexity index is 500. The van der Waals surface area contributed by atoms with Gasteiger partial charge in [0, 0.05) is 18.7 Å². The summed E-state index contributed by atoms with van der Waals surface area (Å²) in [6, 6.07) is 3.96. The molecule has 0 aliphatic heterocycles. The Morgan fingerprint density at radius 3 is 2.63 bits per heavy atom. The number of nitro groups is 1. The first-order chi connectivity index (χ1) is 8.76. The molecule has 0 fully saturated rings. The molecule has 7 nitrogen and oxygen atoms in total. The van der Waals surface area contributed by atoms with Crippen LogP contribution < -0.4 is 11.1 Å². The van der Waals surface area contributed by atoms with Crippen molar-refractivity contribution in [2.45, 2.75) is 19.4 Å². The zero-order chi connectivity index (χ0) is 14.6. The molecule has 0 heterocycles. The minimum atomic E-state index is -0.637. The number of anilines is 1. The normalized spacial score (nSPS) is 11.1. The Hall–Kier alpha value is -2.15. The highest BCUT2D eigenvalue weighted by Crippen LogP contribution is 2.28. The van der Waals surface area contributed by atoms with Crippen LogP contribution >= 0.6 is 0 Å². The third kappa shape index (κ3) is 3.92. The van der Waals surface area contributed by atoms with E-state index in [9.17, 15) is 14.9 Å². The van der Waals surface area contributed by atoms with Crippen molar-refractivity contribution in [1.29, 1.82) is 0 Å². The molecule has 0 bridgehead atoms. The van der Waals surface area contributed by atoms with Crippen molar-refractivity contribution in [1.82, 2.24) is 0 Å². The van der Waals surface area contributed by atoms with Gasteiger partial charge < -0.3 is 15.8 Å². The first-order valence-corrected chi connectivity index (χ1v) is 5.62. The first kappa shape index (κ1) is 14.9. The zero-order valence-corrected chi connectivity index (χ0v) is 11.1. The van der Waals surface area contributed by atoms with Gasteiger partial charge in [0.2, 0.25) is 5.91 Å². The Balaban J connectivity index is 3.18. The number of nitrogens with one attached hydrogen (secondary N) is 1. The predicted octanol–water partition coefficient (Wildman–Crippen LogP) is 1.53. The largest absolute Gasteiger partial charge is 0.382 e. The number of nitrogens with zero attached hydrogens (tertiary/aromatic N) is 1. The van der Waals surface area contributed by atoms with Gasteiger partial charge in [0.1, 0.15) is 5.69 Å². The van der Waals surface area contributed by atoms with Crippen LogP contribution in [0.5, 0.6) is 0 Å². The third-order valence-corrected chi connectivity index (χ3v) is 2.46. The van der Waals surface area contributed by atoms with Gasteiger partial charge >= 0.3 is 0 Å². The summed E-state index contributed by atoms with van der Waals surface area (Å²) in [6.45, 7) is 4.01. The number of hydrogen-bond acceptors (Lipinski definition) is 5. The maximum Gasteiger partial charge on any atom is 0.292 e. The molecule has 0 saturated carbocycles. The van der Waals surface area contributed by atoms with Gasteiger partial charge in [-0.3, -0.25) is 14.9 Å². The SMILES string of the molecule is COCC(C)(C)Nc1cc(C(N)=O)ccc1[N+](=O)[O-]. The van der Waals surface area contributed by atoms with Crippen LogP contribution in [-0.2, 0) is 4.74 Å². The van der Waals surface area contributed by atoms with Gasteiger partial charge in [-0.05, 0) is 26.0 Å². The average molecular weight is 267 g/mol. The van der Waals surface area contributed by atoms with Gasteiger partial charge in [-0.25, -0.2) is 0 Å². The standard InChI is InChI=1S/C12H17N3O4/c1-12(2,7-19-3)14-9-6-8(11(13)16)4-5-10(9)15(17)18/h4-6,14H,7H2,1-3H3,(H2,13,16). The van der Waals surface area contributed by atoms with E-state index in [4.69, 9.17) is 10.5 Å². The molecule has 19 heavy (non-hydrogen) atoms. The summed E-state index contributed by atoms with van der Waals surface area (Å²) in [5.74, 6) is -0.637. The van der Waals surface area contributed by atoms with E-state index in [-0.39, 0.29) is 16.9 Å². The minimum absolute atomic E-state index is 0.117. The van der Waals surface area contributed by atoms with Crippen molar-refractivity contribution >= 4 is 17.3 Å². The van der Waals surface area contributed by atoms with Gasteiger partial charge in [0.25, 0.3) is 5.69 Å². The number of carbonyl (C=O) groups excluding carboxylic acids is 1. The number of carbonyl (C=O) groups is 1. The number of rotatable bonds is 6. The Labute approximate surface area is 110 Å². The van der Waals surface area contributed by atoms with E-state index < -0.39 is 16.4 Å². The second kappa shape index (κ2) is 5.66. The lowest BCUT2D eigenvalue weighted by Crippen LogP contribution is -2.36. The van der Waals surface area contributed by atoms with Crippen LogP contribution in [0.1, 0.15) is 24.2 Å². The fourth-order valence-electron chi connectivity index (χ4n) is 1.71. The number of nitro benzene ring substituents is 1. The number of methoxy groups -OCH3 is 1. The molecule has 0 aliphatic rings. The number of primary amides is 1. The summed E-state index contributed by atoms with van der Waals surface area (Å²) in [6.07, 6.45) is 0. The molecule has 0 radical (unpaired) electrons. The average Bonchev–Trinajstić information content (AvgIpc) is 2.27. The van der Waals surface area contributed by atoms with Crippen molar-refractivity contribution in [3.63, 3.8) is 0 Å². The summed E-state index contributed by atoms with van der Waals surface area (Å²) >= 11 is 0. The Morgan fingerprint density at radius 1 is 1.53 bits per heavy atom. The van der Waals surface area contributed by atoms with Crippen molar-refractivity contribution < 1.29 is 14.5 Å². The second-order valence-corrected chi connectivity index (χ2v) is 4.80. The van der Waals surface area contributed by atoms with Crippen LogP contribution in [0.3, 0.4) is 0 Å². The van der Waals surface area contributed by atoms with Gasteiger partial charge in [-0.2, -0.15) is 0 Å². The molecule has 0 aliphatic carbocycles. The van der Waals surface area contributed by atoms with Crippen LogP contribution in [0, 0.1) is 10.1 Å². The van der Waals surface area contributed by atoms with E-state index in [1.165, 1.54) is 25.3 Å². The highest BCUT2D eigenvalue weighted by Gasteiger charge is 2.23. The Morgan fingerprint density at radius 2 is 2.16 bits per heavy atom. The summed E-state index contributed by atoms with van der Waals surface area (Å²) in [4.78, 5) is 21.6. The minimum Gasteiger partial charge on any atom is -0.382 e. The maximum atomic E-state index is 11.1. The molecule has 3 N–H and O–H groups in total. The summed E-state index contributed by atoms with van der Waals surface area (Å²) < 4.78 is 5.03. The fraction of sp³-hybridized carbons (Fsp3) is 0.417. The van der Waals surface area contributed by atoms with Crippen LogP contribution in [0.4, 0.5) is 11.4 Å². The lowest BCUT2D eigenvalue weighted by molar-refractivity contribution is -0.384. The number of benzene rings is 1. The second-order valence-electron chi connectivity index (χ2n) is 4.80. The number of nitrogens with two attached hydrogens (primary N) is 1. The van der Waals surface area contributed by atoms with E-state index in [0.29, 0.717) is 6.61 Å². The smallest absolute Gasteiger partial charge is 0.292 e. The molecule has 0 spiro atoms. The number of amides is 1. The number of ether oxygens (including phenoxy) is 1. The molecule has 1 aromatic rings. The molecule has 0 saturated heterocycles. The molecule has 0 atom stereocenters.